The summed E-state index contributed by atoms with van der Waals surface area (Å²) in [6.45, 7) is 1.31. The number of aromatic nitrogens is 2. The number of carbonyl (C=O) groups is 1. The Morgan fingerprint density at radius 2 is 2.04 bits per heavy atom. The number of thiophene rings is 1. The molecule has 6 heteroatoms. The van der Waals surface area contributed by atoms with Gasteiger partial charge in [0.2, 0.25) is 0 Å². The van der Waals surface area contributed by atoms with Crippen molar-refractivity contribution in [3.63, 3.8) is 0 Å². The van der Waals surface area contributed by atoms with Crippen molar-refractivity contribution in [2.45, 2.75) is 19.4 Å². The summed E-state index contributed by atoms with van der Waals surface area (Å²) in [5, 5.41) is 11.3. The Bertz CT molecular complexity index is 1090. The average Bonchev–Trinajstić information content (AvgIpc) is 3.35. The number of hydrogen-bond donors (Lipinski definition) is 1. The van der Waals surface area contributed by atoms with Crippen LogP contribution in [0.5, 0.6) is 0 Å². The van der Waals surface area contributed by atoms with Gasteiger partial charge in [0.25, 0.3) is 5.91 Å². The average molecular weight is 410 g/mol. The number of nitrogens with zero attached hydrogens (tertiary/aromatic N) is 2. The van der Waals surface area contributed by atoms with Gasteiger partial charge in [-0.2, -0.15) is 5.10 Å². The van der Waals surface area contributed by atoms with Gasteiger partial charge in [0, 0.05) is 40.4 Å². The van der Waals surface area contributed by atoms with E-state index in [0.717, 1.165) is 41.4 Å². The molecule has 0 radical (unpaired) electrons. The van der Waals surface area contributed by atoms with Crippen molar-refractivity contribution in [2.24, 2.45) is 0 Å². The maximum Gasteiger partial charge on any atom is 0.251 e. The van der Waals surface area contributed by atoms with Gasteiger partial charge in [-0.15, -0.1) is 11.3 Å². The number of benzene rings is 2. The van der Waals surface area contributed by atoms with Crippen molar-refractivity contribution in [2.75, 3.05) is 6.54 Å². The fourth-order valence-corrected chi connectivity index (χ4v) is 4.14. The van der Waals surface area contributed by atoms with E-state index in [9.17, 15) is 4.79 Å². The van der Waals surface area contributed by atoms with Gasteiger partial charge in [-0.05, 0) is 47.7 Å². The number of nitrogens with one attached hydrogen (secondary N) is 1. The van der Waals surface area contributed by atoms with Crippen LogP contribution in [0.3, 0.4) is 0 Å². The van der Waals surface area contributed by atoms with Gasteiger partial charge in [-0.25, -0.2) is 0 Å². The number of hydrogen-bond acceptors (Lipinski definition) is 3. The minimum Gasteiger partial charge on any atom is -0.352 e. The standard InChI is InChI=1S/C22H20ClN3OS/c23-18-9-8-17-15-25-26(21(17)14-18)11-4-10-24-22(27)20-7-2-1-5-16(20)13-19-6-3-12-28-19/h1-3,5-9,12,14-15H,4,10-11,13H2,(H,24,27). The molecule has 1 N–H and O–H groups in total. The highest BCUT2D eigenvalue weighted by Crippen LogP contribution is 2.20. The highest BCUT2D eigenvalue weighted by Gasteiger charge is 2.11. The Balaban J connectivity index is 1.35. The molecule has 0 unspecified atom stereocenters. The molecule has 4 rings (SSSR count). The van der Waals surface area contributed by atoms with Crippen LogP contribution in [0.1, 0.15) is 27.2 Å². The first-order valence-electron chi connectivity index (χ1n) is 9.20. The van der Waals surface area contributed by atoms with Gasteiger partial charge in [0.15, 0.2) is 0 Å². The Morgan fingerprint density at radius 1 is 1.14 bits per heavy atom. The summed E-state index contributed by atoms with van der Waals surface area (Å²) < 4.78 is 1.93. The van der Waals surface area contributed by atoms with E-state index in [4.69, 9.17) is 11.6 Å². The molecule has 2 heterocycles. The van der Waals surface area contributed by atoms with Crippen LogP contribution in [0, 0.1) is 0 Å². The van der Waals surface area contributed by atoms with Crippen LogP contribution < -0.4 is 5.32 Å². The van der Waals surface area contributed by atoms with Gasteiger partial charge in [0.1, 0.15) is 0 Å². The molecule has 2 aromatic heterocycles. The topological polar surface area (TPSA) is 46.9 Å². The Kier molecular flexibility index (Phi) is 5.74. The van der Waals surface area contributed by atoms with E-state index in [-0.39, 0.29) is 5.91 Å². The molecular formula is C22H20ClN3OS. The summed E-state index contributed by atoms with van der Waals surface area (Å²) in [7, 11) is 0. The molecule has 0 fully saturated rings. The minimum absolute atomic E-state index is 0.0273. The number of rotatable bonds is 7. The molecule has 142 valence electrons. The lowest BCUT2D eigenvalue weighted by Gasteiger charge is -2.10. The largest absolute Gasteiger partial charge is 0.352 e. The van der Waals surface area contributed by atoms with Crippen molar-refractivity contribution in [1.29, 1.82) is 0 Å². The summed E-state index contributed by atoms with van der Waals surface area (Å²) in [4.78, 5) is 13.9. The summed E-state index contributed by atoms with van der Waals surface area (Å²) in [5.74, 6) is -0.0273. The van der Waals surface area contributed by atoms with Crippen LogP contribution in [0.2, 0.25) is 5.02 Å². The zero-order valence-electron chi connectivity index (χ0n) is 15.3. The van der Waals surface area contributed by atoms with Crippen molar-refractivity contribution in [3.05, 3.63) is 87.2 Å². The van der Waals surface area contributed by atoms with E-state index in [0.29, 0.717) is 11.6 Å². The summed E-state index contributed by atoms with van der Waals surface area (Å²) in [5.41, 5.74) is 2.81. The predicted molar refractivity (Wildman–Crippen MR) is 115 cm³/mol. The van der Waals surface area contributed by atoms with Crippen LogP contribution in [0.4, 0.5) is 0 Å². The van der Waals surface area contributed by atoms with Crippen LogP contribution in [0.25, 0.3) is 10.9 Å². The van der Waals surface area contributed by atoms with Crippen molar-refractivity contribution < 1.29 is 4.79 Å². The first kappa shape index (κ1) is 18.7. The molecule has 0 aliphatic heterocycles. The lowest BCUT2D eigenvalue weighted by Crippen LogP contribution is -2.26. The van der Waals surface area contributed by atoms with Gasteiger partial charge < -0.3 is 5.32 Å². The second-order valence-electron chi connectivity index (χ2n) is 6.59. The van der Waals surface area contributed by atoms with Gasteiger partial charge in [0.05, 0.1) is 11.7 Å². The van der Waals surface area contributed by atoms with Crippen LogP contribution in [0.15, 0.2) is 66.2 Å². The molecule has 4 nitrogen and oxygen atoms in total. The van der Waals surface area contributed by atoms with E-state index in [2.05, 4.69) is 21.9 Å². The highest BCUT2D eigenvalue weighted by molar-refractivity contribution is 7.09. The normalized spacial score (nSPS) is 11.0. The second-order valence-corrected chi connectivity index (χ2v) is 8.06. The number of fused-ring (bicyclic) bond motifs is 1. The quantitative estimate of drug-likeness (QED) is 0.428. The molecule has 0 bridgehead atoms. The third-order valence-corrected chi connectivity index (χ3v) is 5.76. The SMILES string of the molecule is O=C(NCCCn1ncc2ccc(Cl)cc21)c1ccccc1Cc1cccs1. The van der Waals surface area contributed by atoms with Gasteiger partial charge in [-0.3, -0.25) is 9.48 Å². The third-order valence-electron chi connectivity index (χ3n) is 4.65. The molecule has 2 aromatic carbocycles. The summed E-state index contributed by atoms with van der Waals surface area (Å²) >= 11 is 7.80. The lowest BCUT2D eigenvalue weighted by atomic mass is 10.0. The smallest absolute Gasteiger partial charge is 0.251 e. The molecule has 28 heavy (non-hydrogen) atoms. The Labute approximate surface area is 172 Å². The molecule has 0 saturated heterocycles. The van der Waals surface area contributed by atoms with Crippen molar-refractivity contribution >= 4 is 39.7 Å². The molecule has 1 amide bonds. The molecule has 0 aliphatic rings. The molecule has 0 saturated carbocycles. The monoisotopic (exact) mass is 409 g/mol. The molecular weight excluding hydrogens is 390 g/mol. The first-order chi connectivity index (χ1) is 13.7. The Hall–Kier alpha value is -2.63. The van der Waals surface area contributed by atoms with Crippen LogP contribution in [-0.2, 0) is 13.0 Å². The lowest BCUT2D eigenvalue weighted by molar-refractivity contribution is 0.0952. The Morgan fingerprint density at radius 3 is 2.89 bits per heavy atom. The minimum atomic E-state index is -0.0273. The highest BCUT2D eigenvalue weighted by atomic mass is 35.5. The van der Waals surface area contributed by atoms with E-state index >= 15 is 0 Å². The van der Waals surface area contributed by atoms with E-state index in [1.165, 1.54) is 4.88 Å². The third kappa shape index (κ3) is 4.26. The van der Waals surface area contributed by atoms with Gasteiger partial charge in [-0.1, -0.05) is 35.9 Å². The predicted octanol–water partition coefficient (Wildman–Crippen LogP) is 5.16. The number of aryl methyl sites for hydroxylation is 1. The molecule has 0 spiro atoms. The fourth-order valence-electron chi connectivity index (χ4n) is 3.24. The number of carbonyl (C=O) groups excluding carboxylic acids is 1. The molecule has 4 aromatic rings. The van der Waals surface area contributed by atoms with E-state index < -0.39 is 0 Å². The molecule has 0 atom stereocenters. The van der Waals surface area contributed by atoms with E-state index in [1.54, 1.807) is 11.3 Å². The summed E-state index contributed by atoms with van der Waals surface area (Å²) in [6.07, 6.45) is 3.41. The van der Waals surface area contributed by atoms with Crippen LogP contribution in [-0.4, -0.2) is 22.2 Å². The van der Waals surface area contributed by atoms with Crippen molar-refractivity contribution in [3.8, 4) is 0 Å². The van der Waals surface area contributed by atoms with Crippen LogP contribution >= 0.6 is 22.9 Å². The first-order valence-corrected chi connectivity index (χ1v) is 10.5. The van der Waals surface area contributed by atoms with Gasteiger partial charge >= 0.3 is 0 Å². The zero-order chi connectivity index (χ0) is 19.3. The summed E-state index contributed by atoms with van der Waals surface area (Å²) in [6, 6.07) is 17.7. The van der Waals surface area contributed by atoms with Crippen molar-refractivity contribution in [1.82, 2.24) is 15.1 Å². The maximum atomic E-state index is 12.7. The second kappa shape index (κ2) is 8.59. The maximum absolute atomic E-state index is 12.7. The fraction of sp³-hybridized carbons (Fsp3) is 0.182. The number of amides is 1. The zero-order valence-corrected chi connectivity index (χ0v) is 16.8. The van der Waals surface area contributed by atoms with E-state index in [1.807, 2.05) is 59.4 Å². The molecule has 0 aliphatic carbocycles. The number of halogens is 1.